The van der Waals surface area contributed by atoms with Gasteiger partial charge < -0.3 is 9.84 Å². The fraction of sp³-hybridized carbons (Fsp3) is 0.222. The van der Waals surface area contributed by atoms with E-state index < -0.39 is 28.4 Å². The second-order valence-electron chi connectivity index (χ2n) is 3.30. The second-order valence-corrected chi connectivity index (χ2v) is 8.27. The van der Waals surface area contributed by atoms with Gasteiger partial charge in [0.25, 0.3) is 10.1 Å². The first kappa shape index (κ1) is 17.6. The molecule has 6 nitrogen and oxygen atoms in total. The summed E-state index contributed by atoms with van der Waals surface area (Å²) in [5, 5.41) is 9.75. The highest BCUT2D eigenvalue weighted by atomic mass is 127. The van der Waals surface area contributed by atoms with Gasteiger partial charge in [-0.3, -0.25) is 4.55 Å². The summed E-state index contributed by atoms with van der Waals surface area (Å²) in [6, 6.07) is 1.61. The zero-order chi connectivity index (χ0) is 14.8. The van der Waals surface area contributed by atoms with Gasteiger partial charge >= 0.3 is 5.97 Å². The summed E-state index contributed by atoms with van der Waals surface area (Å²) in [4.78, 5) is 11.8. The highest BCUT2D eigenvalue weighted by Crippen LogP contribution is 2.32. The number of phenolic OH excluding ortho intramolecular Hbond substituents is 1. The number of phenols is 1. The molecular formula is C9H7I3O6S. The molecule has 0 unspecified atom stereocenters. The number of ether oxygens (including phenoxy) is 1. The molecule has 1 aromatic rings. The van der Waals surface area contributed by atoms with Crippen LogP contribution in [-0.4, -0.2) is 36.4 Å². The molecule has 0 radical (unpaired) electrons. The molecule has 1 rings (SSSR count). The molecule has 0 aliphatic rings. The van der Waals surface area contributed by atoms with Gasteiger partial charge in [-0.2, -0.15) is 8.42 Å². The maximum atomic E-state index is 11.8. The van der Waals surface area contributed by atoms with E-state index in [1.165, 1.54) is 0 Å². The highest BCUT2D eigenvalue weighted by Gasteiger charge is 2.21. The Balaban J connectivity index is 2.92. The molecule has 0 fully saturated rings. The molecule has 19 heavy (non-hydrogen) atoms. The fourth-order valence-electron chi connectivity index (χ4n) is 1.08. The van der Waals surface area contributed by atoms with Gasteiger partial charge in [0.1, 0.15) is 18.1 Å². The number of carbonyl (C=O) groups is 1. The number of hydrogen-bond acceptors (Lipinski definition) is 5. The zero-order valence-electron chi connectivity index (χ0n) is 9.06. The van der Waals surface area contributed by atoms with Crippen LogP contribution in [0.5, 0.6) is 5.75 Å². The Kier molecular flexibility index (Phi) is 6.53. The van der Waals surface area contributed by atoms with Gasteiger partial charge in [0.15, 0.2) is 0 Å². The van der Waals surface area contributed by atoms with Crippen LogP contribution in [0.1, 0.15) is 10.4 Å². The van der Waals surface area contributed by atoms with Crippen LogP contribution >= 0.6 is 67.8 Å². The number of halogens is 3. The van der Waals surface area contributed by atoms with Crippen LogP contribution < -0.4 is 0 Å². The molecule has 0 atom stereocenters. The summed E-state index contributed by atoms with van der Waals surface area (Å²) < 4.78 is 35.8. The zero-order valence-corrected chi connectivity index (χ0v) is 16.4. The molecule has 0 aliphatic heterocycles. The van der Waals surface area contributed by atoms with Crippen molar-refractivity contribution in [2.24, 2.45) is 0 Å². The summed E-state index contributed by atoms with van der Waals surface area (Å²) in [6.07, 6.45) is 0. The molecule has 0 spiro atoms. The number of benzene rings is 1. The Labute approximate surface area is 150 Å². The lowest BCUT2D eigenvalue weighted by molar-refractivity contribution is 0.0525. The van der Waals surface area contributed by atoms with E-state index >= 15 is 0 Å². The molecule has 10 heteroatoms. The summed E-state index contributed by atoms with van der Waals surface area (Å²) in [5.41, 5.74) is 0.175. The van der Waals surface area contributed by atoms with Gasteiger partial charge in [-0.05, 0) is 73.8 Å². The largest absolute Gasteiger partial charge is 0.506 e. The predicted molar refractivity (Wildman–Crippen MR) is 93.0 cm³/mol. The first-order valence-electron chi connectivity index (χ1n) is 4.62. The van der Waals surface area contributed by atoms with Crippen molar-refractivity contribution < 1.29 is 27.6 Å². The molecule has 0 heterocycles. The van der Waals surface area contributed by atoms with E-state index in [1.807, 2.05) is 67.8 Å². The SMILES string of the molecule is O=C(OCCS(=O)(=O)O)c1c(I)cc(I)c(O)c1I. The van der Waals surface area contributed by atoms with E-state index in [-0.39, 0.29) is 11.3 Å². The van der Waals surface area contributed by atoms with Crippen LogP contribution in [0.15, 0.2) is 6.07 Å². The molecule has 0 saturated heterocycles. The second kappa shape index (κ2) is 7.04. The van der Waals surface area contributed by atoms with Gasteiger partial charge in [-0.1, -0.05) is 0 Å². The van der Waals surface area contributed by atoms with E-state index in [0.29, 0.717) is 10.7 Å². The highest BCUT2D eigenvalue weighted by molar-refractivity contribution is 14.1. The molecule has 2 N–H and O–H groups in total. The first-order chi connectivity index (χ1) is 8.63. The van der Waals surface area contributed by atoms with Gasteiger partial charge in [0.05, 0.1) is 12.7 Å². The monoisotopic (exact) mass is 624 g/mol. The Morgan fingerprint density at radius 3 is 2.37 bits per heavy atom. The minimum atomic E-state index is -4.17. The molecule has 0 aliphatic carbocycles. The summed E-state index contributed by atoms with van der Waals surface area (Å²) in [6.45, 7) is -0.448. The third-order valence-corrected chi connectivity index (χ3v) is 5.33. The average molecular weight is 624 g/mol. The lowest BCUT2D eigenvalue weighted by atomic mass is 10.2. The number of hydrogen-bond donors (Lipinski definition) is 2. The minimum absolute atomic E-state index is 0.0247. The van der Waals surface area contributed by atoms with Gasteiger partial charge in [0, 0.05) is 3.57 Å². The molecule has 0 bridgehead atoms. The maximum Gasteiger partial charge on any atom is 0.340 e. The summed E-state index contributed by atoms with van der Waals surface area (Å²) in [5.74, 6) is -1.44. The molecule has 0 aromatic heterocycles. The lowest BCUT2D eigenvalue weighted by Gasteiger charge is -2.10. The van der Waals surface area contributed by atoms with Crippen molar-refractivity contribution in [2.45, 2.75) is 0 Å². The minimum Gasteiger partial charge on any atom is -0.506 e. The molecule has 106 valence electrons. The van der Waals surface area contributed by atoms with Crippen molar-refractivity contribution in [2.75, 3.05) is 12.4 Å². The smallest absolute Gasteiger partial charge is 0.340 e. The van der Waals surface area contributed by atoms with Gasteiger partial charge in [-0.15, -0.1) is 0 Å². The molecule has 0 amide bonds. The fourth-order valence-corrected chi connectivity index (χ4v) is 5.18. The quantitative estimate of drug-likeness (QED) is 0.303. The first-order valence-corrected chi connectivity index (χ1v) is 9.46. The van der Waals surface area contributed by atoms with Crippen LogP contribution in [0.2, 0.25) is 0 Å². The van der Waals surface area contributed by atoms with Crippen molar-refractivity contribution >= 4 is 83.9 Å². The molecule has 1 aromatic carbocycles. The normalized spacial score (nSPS) is 11.4. The third-order valence-electron chi connectivity index (χ3n) is 1.92. The van der Waals surface area contributed by atoms with E-state index in [1.54, 1.807) is 6.07 Å². The van der Waals surface area contributed by atoms with E-state index in [4.69, 9.17) is 9.29 Å². The topological polar surface area (TPSA) is 101 Å². The van der Waals surface area contributed by atoms with Crippen LogP contribution in [0.25, 0.3) is 0 Å². The van der Waals surface area contributed by atoms with E-state index in [0.717, 1.165) is 0 Å². The van der Waals surface area contributed by atoms with Crippen LogP contribution in [0.4, 0.5) is 0 Å². The van der Waals surface area contributed by atoms with Crippen LogP contribution in [0.3, 0.4) is 0 Å². The van der Waals surface area contributed by atoms with E-state index in [9.17, 15) is 18.3 Å². The maximum absolute atomic E-state index is 11.8. The van der Waals surface area contributed by atoms with Crippen molar-refractivity contribution in [1.82, 2.24) is 0 Å². The standard InChI is InChI=1S/C9H7I3O6S/c10-4-3-5(11)8(13)7(12)6(4)9(14)18-1-2-19(15,16)17/h3,13H,1-2H2,(H,15,16,17). The number of aromatic hydroxyl groups is 1. The van der Waals surface area contributed by atoms with E-state index in [2.05, 4.69) is 0 Å². The molecule has 0 saturated carbocycles. The number of carbonyl (C=O) groups excluding carboxylic acids is 1. The Morgan fingerprint density at radius 2 is 1.84 bits per heavy atom. The lowest BCUT2D eigenvalue weighted by Crippen LogP contribution is -2.16. The number of esters is 1. The average Bonchev–Trinajstić information content (AvgIpc) is 2.24. The summed E-state index contributed by atoms with van der Waals surface area (Å²) in [7, 11) is -4.17. The number of rotatable bonds is 4. The van der Waals surface area contributed by atoms with Crippen LogP contribution in [0, 0.1) is 10.7 Å². The van der Waals surface area contributed by atoms with Gasteiger partial charge in [-0.25, -0.2) is 4.79 Å². The van der Waals surface area contributed by atoms with Crippen molar-refractivity contribution in [3.05, 3.63) is 22.3 Å². The Hall–Kier alpha value is 0.590. The van der Waals surface area contributed by atoms with Crippen LogP contribution in [-0.2, 0) is 14.9 Å². The Bertz CT molecular complexity index is 613. The summed E-state index contributed by atoms with van der Waals surface area (Å²) >= 11 is 5.66. The van der Waals surface area contributed by atoms with Crippen molar-refractivity contribution in [3.8, 4) is 5.75 Å². The third kappa shape index (κ3) is 5.13. The van der Waals surface area contributed by atoms with Crippen molar-refractivity contribution in [3.63, 3.8) is 0 Å². The predicted octanol–water partition coefficient (Wildman–Crippen LogP) is 2.25. The molecular weight excluding hydrogens is 617 g/mol. The van der Waals surface area contributed by atoms with Gasteiger partial charge in [0.2, 0.25) is 0 Å². The van der Waals surface area contributed by atoms with Crippen molar-refractivity contribution in [1.29, 1.82) is 0 Å². The Morgan fingerprint density at radius 1 is 1.26 bits per heavy atom.